The Hall–Kier alpha value is -3.82. The Morgan fingerprint density at radius 2 is 1.83 bits per heavy atom. The van der Waals surface area contributed by atoms with E-state index in [0.29, 0.717) is 61.5 Å². The van der Waals surface area contributed by atoms with Crippen LogP contribution in [0.1, 0.15) is 55.8 Å². The van der Waals surface area contributed by atoms with Gasteiger partial charge in [-0.05, 0) is 55.5 Å². The van der Waals surface area contributed by atoms with Gasteiger partial charge in [-0.2, -0.15) is 10.4 Å². The second-order valence-corrected chi connectivity index (χ2v) is 13.8. The average molecular weight is 593 g/mol. The van der Waals surface area contributed by atoms with E-state index in [-0.39, 0.29) is 29.9 Å². The molecule has 42 heavy (non-hydrogen) atoms. The van der Waals surface area contributed by atoms with Gasteiger partial charge in [-0.1, -0.05) is 25.0 Å². The second-order valence-electron chi connectivity index (χ2n) is 11.5. The van der Waals surface area contributed by atoms with E-state index in [0.717, 1.165) is 30.3 Å². The van der Waals surface area contributed by atoms with Crippen molar-refractivity contribution >= 4 is 21.4 Å². The highest BCUT2D eigenvalue weighted by molar-refractivity contribution is 7.91. The van der Waals surface area contributed by atoms with Gasteiger partial charge in [0.25, 0.3) is 0 Å². The molecular formula is C30H33FN6O4S. The van der Waals surface area contributed by atoms with E-state index in [4.69, 9.17) is 5.10 Å². The first kappa shape index (κ1) is 28.3. The van der Waals surface area contributed by atoms with Crippen molar-refractivity contribution in [3.63, 3.8) is 0 Å². The van der Waals surface area contributed by atoms with Crippen LogP contribution in [-0.4, -0.2) is 64.3 Å². The van der Waals surface area contributed by atoms with Crippen molar-refractivity contribution in [2.45, 2.75) is 56.6 Å². The Balaban J connectivity index is 1.41. The molecule has 10 nitrogen and oxygen atoms in total. The molecule has 1 aliphatic heterocycles. The number of carbonyl (C=O) groups excluding carboxylic acids is 1. The monoisotopic (exact) mass is 592 g/mol. The number of aliphatic hydroxyl groups excluding tert-OH is 1. The van der Waals surface area contributed by atoms with Crippen molar-refractivity contribution in [1.29, 1.82) is 5.26 Å². The summed E-state index contributed by atoms with van der Waals surface area (Å²) in [5.41, 5.74) is 2.73. The van der Waals surface area contributed by atoms with E-state index < -0.39 is 27.1 Å². The maximum Gasteiger partial charge on any atom is 0.225 e. The molecule has 0 radical (unpaired) electrons. The average Bonchev–Trinajstić information content (AvgIpc) is 3.67. The smallest absolute Gasteiger partial charge is 0.225 e. The van der Waals surface area contributed by atoms with E-state index in [1.807, 2.05) is 29.2 Å². The Morgan fingerprint density at radius 3 is 2.45 bits per heavy atom. The van der Waals surface area contributed by atoms with Crippen molar-refractivity contribution in [2.75, 3.05) is 29.5 Å². The minimum atomic E-state index is -3.01. The lowest BCUT2D eigenvalue weighted by Crippen LogP contribution is -2.42. The molecule has 2 aromatic heterocycles. The molecule has 0 bridgehead atoms. The van der Waals surface area contributed by atoms with E-state index in [9.17, 15) is 28.0 Å². The predicted molar refractivity (Wildman–Crippen MR) is 154 cm³/mol. The number of halogens is 1. The highest BCUT2D eigenvalue weighted by atomic mass is 32.2. The number of nitrogens with zero attached hydrogens (tertiary/aromatic N) is 5. The minimum Gasteiger partial charge on any atom is -0.390 e. The molecule has 2 N–H and O–H groups in total. The molecule has 2 aliphatic carbocycles. The molecule has 3 heterocycles. The number of hydrogen-bond donors (Lipinski definition) is 2. The number of aromatic nitrogens is 3. The van der Waals surface area contributed by atoms with Crippen LogP contribution >= 0.6 is 0 Å². The molecule has 0 unspecified atom stereocenters. The number of nitrogens with one attached hydrogen (secondary N) is 1. The van der Waals surface area contributed by atoms with Gasteiger partial charge in [-0.25, -0.2) is 22.5 Å². The number of sulfone groups is 1. The zero-order valence-corrected chi connectivity index (χ0v) is 24.0. The van der Waals surface area contributed by atoms with Gasteiger partial charge in [0.05, 0.1) is 41.8 Å². The Bertz CT molecular complexity index is 1610. The van der Waals surface area contributed by atoms with Gasteiger partial charge in [-0.3, -0.25) is 4.79 Å². The highest BCUT2D eigenvalue weighted by Crippen LogP contribution is 2.44. The number of benzene rings is 1. The summed E-state index contributed by atoms with van der Waals surface area (Å²) < 4.78 is 39.1. The molecular weight excluding hydrogens is 559 g/mol. The molecule has 1 aromatic carbocycles. The molecule has 1 saturated heterocycles. The fourth-order valence-corrected chi connectivity index (χ4v) is 7.38. The first-order valence-electron chi connectivity index (χ1n) is 14.4. The first-order valence-corrected chi connectivity index (χ1v) is 16.2. The van der Waals surface area contributed by atoms with Crippen LogP contribution in [0.2, 0.25) is 0 Å². The summed E-state index contributed by atoms with van der Waals surface area (Å²) in [4.78, 5) is 19.8. The molecule has 2 atom stereocenters. The normalized spacial score (nSPS) is 22.7. The number of rotatable bonds is 7. The zero-order valence-electron chi connectivity index (χ0n) is 23.2. The number of pyridine rings is 1. The SMILES string of the molecule is N#CC1(NC(=O)[C@@H]2CCCC[C@H]2c2nn(-c3ccc(F)cn3)c(CO)c2-c2ccc(N3CCS(=O)(=O)CC3)cc2)CC1. The first-order chi connectivity index (χ1) is 20.2. The Labute approximate surface area is 244 Å². The zero-order chi connectivity index (χ0) is 29.5. The Kier molecular flexibility index (Phi) is 7.49. The van der Waals surface area contributed by atoms with Gasteiger partial charge in [0.15, 0.2) is 15.7 Å². The highest BCUT2D eigenvalue weighted by Gasteiger charge is 2.47. The molecule has 2 saturated carbocycles. The van der Waals surface area contributed by atoms with Gasteiger partial charge in [0, 0.05) is 36.2 Å². The van der Waals surface area contributed by atoms with Crippen molar-refractivity contribution < 1.29 is 22.7 Å². The molecule has 220 valence electrons. The molecule has 12 heteroatoms. The third-order valence-corrected chi connectivity index (χ3v) is 10.3. The van der Waals surface area contributed by atoms with E-state index in [1.54, 1.807) is 0 Å². The summed E-state index contributed by atoms with van der Waals surface area (Å²) in [5.74, 6) is -0.728. The van der Waals surface area contributed by atoms with Crippen LogP contribution in [-0.2, 0) is 21.2 Å². The molecule has 3 aliphatic rings. The lowest BCUT2D eigenvalue weighted by molar-refractivity contribution is -0.127. The predicted octanol–water partition coefficient (Wildman–Crippen LogP) is 3.25. The van der Waals surface area contributed by atoms with Crippen LogP contribution < -0.4 is 10.2 Å². The largest absolute Gasteiger partial charge is 0.390 e. The van der Waals surface area contributed by atoms with E-state index >= 15 is 0 Å². The van der Waals surface area contributed by atoms with E-state index in [1.165, 1.54) is 16.8 Å². The van der Waals surface area contributed by atoms with Crippen LogP contribution in [0.5, 0.6) is 0 Å². The number of hydrogen-bond acceptors (Lipinski definition) is 8. The van der Waals surface area contributed by atoms with Crippen LogP contribution in [0.15, 0.2) is 42.6 Å². The van der Waals surface area contributed by atoms with Crippen LogP contribution in [0.4, 0.5) is 10.1 Å². The number of carbonyl (C=O) groups is 1. The van der Waals surface area contributed by atoms with Gasteiger partial charge < -0.3 is 15.3 Å². The Morgan fingerprint density at radius 1 is 1.12 bits per heavy atom. The van der Waals surface area contributed by atoms with Crippen LogP contribution in [0.3, 0.4) is 0 Å². The maximum atomic E-state index is 13.7. The van der Waals surface area contributed by atoms with Crippen molar-refractivity contribution in [1.82, 2.24) is 20.1 Å². The molecule has 6 rings (SSSR count). The van der Waals surface area contributed by atoms with Crippen molar-refractivity contribution in [2.24, 2.45) is 5.92 Å². The summed E-state index contributed by atoms with van der Waals surface area (Å²) >= 11 is 0. The molecule has 3 aromatic rings. The number of anilines is 1. The van der Waals surface area contributed by atoms with Crippen molar-refractivity contribution in [3.8, 4) is 23.0 Å². The topological polar surface area (TPSA) is 141 Å². The number of nitriles is 1. The molecule has 1 amide bonds. The third-order valence-electron chi connectivity index (χ3n) is 8.73. The number of amides is 1. The third kappa shape index (κ3) is 5.51. The summed E-state index contributed by atoms with van der Waals surface area (Å²) in [6.45, 7) is 0.479. The minimum absolute atomic E-state index is 0.114. The summed E-state index contributed by atoms with van der Waals surface area (Å²) in [5, 5.41) is 28.1. The van der Waals surface area contributed by atoms with Gasteiger partial charge in [-0.15, -0.1) is 0 Å². The standard InChI is InChI=1S/C30H33FN6O4S/c31-21-7-10-26(33-17-21)37-25(18-38)27(20-5-8-22(9-6-20)36-13-15-42(40,41)16-14-36)28(35-37)23-3-1-2-4-24(23)29(39)34-30(19-32)11-12-30/h5-10,17,23-24,38H,1-4,11-16,18H2,(H,34,39)/t23-,24-/m1/s1. The molecule has 3 fully saturated rings. The second kappa shape index (κ2) is 11.1. The summed E-state index contributed by atoms with van der Waals surface area (Å²) in [7, 11) is -3.01. The van der Waals surface area contributed by atoms with E-state index in [2.05, 4.69) is 16.4 Å². The lowest BCUT2D eigenvalue weighted by Gasteiger charge is -2.31. The quantitative estimate of drug-likeness (QED) is 0.426. The fraction of sp³-hybridized carbons (Fsp3) is 0.467. The maximum absolute atomic E-state index is 13.7. The fourth-order valence-electron chi connectivity index (χ4n) is 6.17. The van der Waals surface area contributed by atoms with Gasteiger partial charge in [0.1, 0.15) is 11.4 Å². The summed E-state index contributed by atoms with van der Waals surface area (Å²) in [6.07, 6.45) is 5.55. The summed E-state index contributed by atoms with van der Waals surface area (Å²) in [6, 6.07) is 12.7. The molecule has 0 spiro atoms. The number of aliphatic hydroxyl groups is 1. The lowest BCUT2D eigenvalue weighted by atomic mass is 9.75. The van der Waals surface area contributed by atoms with Gasteiger partial charge >= 0.3 is 0 Å². The van der Waals surface area contributed by atoms with Gasteiger partial charge in [0.2, 0.25) is 5.91 Å². The van der Waals surface area contributed by atoms with Crippen LogP contribution in [0.25, 0.3) is 16.9 Å². The van der Waals surface area contributed by atoms with Crippen molar-refractivity contribution in [3.05, 3.63) is 59.8 Å². The van der Waals surface area contributed by atoms with Crippen LogP contribution in [0, 0.1) is 23.1 Å².